The van der Waals surface area contributed by atoms with Crippen LogP contribution in [0.3, 0.4) is 0 Å². The van der Waals surface area contributed by atoms with Crippen LogP contribution >= 0.6 is 22.9 Å². The predicted molar refractivity (Wildman–Crippen MR) is 163 cm³/mol. The molecule has 0 bridgehead atoms. The number of amides is 1. The lowest BCUT2D eigenvalue weighted by Gasteiger charge is -2.20. The van der Waals surface area contributed by atoms with Crippen LogP contribution in [0, 0.1) is 6.92 Å². The highest BCUT2D eigenvalue weighted by Crippen LogP contribution is 2.37. The number of halogens is 1. The lowest BCUT2D eigenvalue weighted by molar-refractivity contribution is 0.00720. The molecule has 218 valence electrons. The van der Waals surface area contributed by atoms with Crippen molar-refractivity contribution in [2.24, 2.45) is 7.05 Å². The average molecular weight is 608 g/mol. The Labute approximate surface area is 252 Å². The van der Waals surface area contributed by atoms with Gasteiger partial charge in [-0.2, -0.15) is 5.10 Å². The summed E-state index contributed by atoms with van der Waals surface area (Å²) in [5, 5.41) is 9.55. The number of carbonyl (C=O) groups is 3. The minimum Gasteiger partial charge on any atom is -0.456 e. The first-order valence-corrected chi connectivity index (χ1v) is 14.2. The first-order valence-electron chi connectivity index (χ1n) is 12.9. The van der Waals surface area contributed by atoms with Crippen LogP contribution in [0.5, 0.6) is 0 Å². The monoisotopic (exact) mass is 607 g/mol. The molecule has 0 spiro atoms. The van der Waals surface area contributed by atoms with E-state index in [9.17, 15) is 14.4 Å². The molecule has 0 aliphatic carbocycles. The molecule has 0 saturated heterocycles. The maximum absolute atomic E-state index is 13.0. The second-order valence-electron chi connectivity index (χ2n) is 10.3. The number of hydrogen-bond donors (Lipinski definition) is 1. The van der Waals surface area contributed by atoms with Gasteiger partial charge in [0.25, 0.3) is 5.24 Å². The normalized spacial score (nSPS) is 11.0. The maximum Gasteiger partial charge on any atom is 0.412 e. The number of esters is 1. The number of hydrogen-bond acceptors (Lipinski definition) is 8. The summed E-state index contributed by atoms with van der Waals surface area (Å²) < 4.78 is 17.7. The third kappa shape index (κ3) is 7.86. The number of ether oxygens (including phenoxy) is 2. The van der Waals surface area contributed by atoms with Crippen LogP contribution in [-0.4, -0.2) is 32.7 Å². The van der Waals surface area contributed by atoms with Gasteiger partial charge in [0.05, 0.1) is 11.4 Å². The molecule has 0 fully saturated rings. The molecule has 5 rings (SSSR count). The number of para-hydroxylation sites is 1. The molecular weight excluding hydrogens is 578 g/mol. The van der Waals surface area contributed by atoms with Gasteiger partial charge in [0.15, 0.2) is 5.76 Å². The molecule has 2 aromatic carbocycles. The zero-order valence-electron chi connectivity index (χ0n) is 23.8. The molecule has 5 aromatic rings. The second-order valence-corrected chi connectivity index (χ2v) is 11.5. The standard InChI is InChI=1S/C22H25N3O4S.C9H5ClO2/c1-14-11-17(25(5)24-14)16-13-30-19(18(16)20(26)29-22(2,3)4)23-21(27)28-12-15-9-7-6-8-10-15;10-9(11)8-5-6-3-1-2-4-7(6)12-8/h6-11,13H,12H2,1-5H3,(H,23,27);1-5H. The highest BCUT2D eigenvalue weighted by Gasteiger charge is 2.28. The maximum atomic E-state index is 13.0. The molecule has 1 N–H and O–H groups in total. The molecule has 0 aliphatic rings. The van der Waals surface area contributed by atoms with Gasteiger partial charge in [-0.25, -0.2) is 9.59 Å². The summed E-state index contributed by atoms with van der Waals surface area (Å²) >= 11 is 6.48. The van der Waals surface area contributed by atoms with Gasteiger partial charge >= 0.3 is 12.1 Å². The number of thiophene rings is 1. The Kier molecular flexibility index (Phi) is 9.49. The number of aromatic nitrogens is 2. The molecule has 9 nitrogen and oxygen atoms in total. The van der Waals surface area contributed by atoms with Crippen molar-refractivity contribution in [3.63, 3.8) is 0 Å². The lowest BCUT2D eigenvalue weighted by atomic mass is 10.1. The van der Waals surface area contributed by atoms with E-state index in [-0.39, 0.29) is 17.9 Å². The van der Waals surface area contributed by atoms with E-state index in [0.717, 1.165) is 22.3 Å². The van der Waals surface area contributed by atoms with Gasteiger partial charge in [-0.3, -0.25) is 14.8 Å². The van der Waals surface area contributed by atoms with Gasteiger partial charge in [0.2, 0.25) is 0 Å². The molecule has 0 saturated carbocycles. The molecule has 1 amide bonds. The fraction of sp³-hybridized carbons (Fsp3) is 0.226. The third-order valence-corrected chi connectivity index (χ3v) is 6.80. The van der Waals surface area contributed by atoms with Crippen molar-refractivity contribution in [1.82, 2.24) is 9.78 Å². The topological polar surface area (TPSA) is 113 Å². The van der Waals surface area contributed by atoms with E-state index in [1.54, 1.807) is 44.6 Å². The van der Waals surface area contributed by atoms with Gasteiger partial charge in [-0.05, 0) is 63.1 Å². The summed E-state index contributed by atoms with van der Waals surface area (Å²) in [4.78, 5) is 36.0. The molecule has 0 unspecified atom stereocenters. The number of aryl methyl sites for hydroxylation is 2. The minimum atomic E-state index is -0.677. The Hall–Kier alpha value is -4.41. The van der Waals surface area contributed by atoms with E-state index in [1.165, 1.54) is 11.3 Å². The molecule has 0 aliphatic heterocycles. The van der Waals surface area contributed by atoms with Gasteiger partial charge in [-0.15, -0.1) is 11.3 Å². The Balaban J connectivity index is 0.000000279. The van der Waals surface area contributed by atoms with E-state index in [1.807, 2.05) is 66.9 Å². The van der Waals surface area contributed by atoms with Crippen molar-refractivity contribution in [1.29, 1.82) is 0 Å². The van der Waals surface area contributed by atoms with E-state index < -0.39 is 22.9 Å². The Morgan fingerprint density at radius 2 is 1.74 bits per heavy atom. The highest BCUT2D eigenvalue weighted by atomic mass is 35.5. The fourth-order valence-electron chi connectivity index (χ4n) is 3.96. The number of carbonyl (C=O) groups excluding carboxylic acids is 3. The molecule has 3 heterocycles. The summed E-state index contributed by atoms with van der Waals surface area (Å²) in [5.41, 5.74) is 3.40. The van der Waals surface area contributed by atoms with Gasteiger partial charge in [-0.1, -0.05) is 48.5 Å². The van der Waals surface area contributed by atoms with Crippen molar-refractivity contribution in [2.45, 2.75) is 39.9 Å². The lowest BCUT2D eigenvalue weighted by Crippen LogP contribution is -2.25. The summed E-state index contributed by atoms with van der Waals surface area (Å²) in [7, 11) is 1.81. The molecule has 11 heteroatoms. The SMILES string of the molecule is Cc1cc(-c2csc(NC(=O)OCc3ccccc3)c2C(=O)OC(C)(C)C)n(C)n1.O=C(Cl)c1cc2ccccc2o1. The third-order valence-electron chi connectivity index (χ3n) is 5.72. The quantitative estimate of drug-likeness (QED) is 0.154. The average Bonchev–Trinajstić information content (AvgIpc) is 3.63. The number of rotatable bonds is 6. The van der Waals surface area contributed by atoms with Gasteiger partial charge in [0, 0.05) is 23.4 Å². The first-order chi connectivity index (χ1) is 19.9. The largest absolute Gasteiger partial charge is 0.456 e. The Morgan fingerprint density at radius 1 is 1.05 bits per heavy atom. The first kappa shape index (κ1) is 30.5. The van der Waals surface area contributed by atoms with Crippen LogP contribution in [0.4, 0.5) is 9.80 Å². The van der Waals surface area contributed by atoms with Crippen LogP contribution in [0.1, 0.15) is 52.9 Å². The van der Waals surface area contributed by atoms with Crippen molar-refractivity contribution < 1.29 is 28.3 Å². The van der Waals surface area contributed by atoms with E-state index in [2.05, 4.69) is 10.4 Å². The Bertz CT molecular complexity index is 1680. The van der Waals surface area contributed by atoms with Crippen molar-refractivity contribution in [2.75, 3.05) is 5.32 Å². The van der Waals surface area contributed by atoms with E-state index in [0.29, 0.717) is 16.1 Å². The molecular formula is C31H30ClN3O6S. The van der Waals surface area contributed by atoms with Crippen molar-refractivity contribution >= 4 is 56.2 Å². The molecule has 3 aromatic heterocycles. The van der Waals surface area contributed by atoms with Crippen LogP contribution in [0.2, 0.25) is 0 Å². The fourth-order valence-corrected chi connectivity index (χ4v) is 4.98. The van der Waals surface area contributed by atoms with Gasteiger partial charge < -0.3 is 13.9 Å². The number of nitrogens with zero attached hydrogens (tertiary/aromatic N) is 2. The Morgan fingerprint density at radius 3 is 2.36 bits per heavy atom. The van der Waals surface area contributed by atoms with Crippen molar-refractivity contribution in [3.8, 4) is 11.3 Å². The van der Waals surface area contributed by atoms with Gasteiger partial charge in [0.1, 0.15) is 28.4 Å². The number of fused-ring (bicyclic) bond motifs is 1. The second kappa shape index (κ2) is 13.1. The summed E-state index contributed by atoms with van der Waals surface area (Å²) in [6.45, 7) is 7.40. The highest BCUT2D eigenvalue weighted by molar-refractivity contribution is 7.15. The van der Waals surface area contributed by atoms with Crippen LogP contribution in [0.15, 0.2) is 76.5 Å². The zero-order valence-corrected chi connectivity index (χ0v) is 25.3. The van der Waals surface area contributed by atoms with E-state index in [4.69, 9.17) is 25.5 Å². The van der Waals surface area contributed by atoms with E-state index >= 15 is 0 Å². The molecule has 0 atom stereocenters. The number of benzene rings is 2. The van der Waals surface area contributed by atoms with Crippen LogP contribution in [0.25, 0.3) is 22.2 Å². The van der Waals surface area contributed by atoms with Crippen LogP contribution in [-0.2, 0) is 23.1 Å². The number of anilines is 1. The summed E-state index contributed by atoms with van der Waals surface area (Å²) in [6, 6.07) is 20.3. The summed E-state index contributed by atoms with van der Waals surface area (Å²) in [5.74, 6) is -0.325. The van der Waals surface area contributed by atoms with Crippen LogP contribution < -0.4 is 5.32 Å². The smallest absolute Gasteiger partial charge is 0.412 e. The summed E-state index contributed by atoms with van der Waals surface area (Å²) in [6.07, 6.45) is -0.641. The number of furan rings is 1. The zero-order chi connectivity index (χ0) is 30.4. The van der Waals surface area contributed by atoms with Crippen molar-refractivity contribution in [3.05, 3.63) is 94.7 Å². The minimum absolute atomic E-state index is 0.133. The number of nitrogens with one attached hydrogen (secondary N) is 1. The molecule has 0 radical (unpaired) electrons. The predicted octanol–water partition coefficient (Wildman–Crippen LogP) is 7.97. The molecule has 42 heavy (non-hydrogen) atoms.